The second-order valence-corrected chi connectivity index (χ2v) is 7.16. The van der Waals surface area contributed by atoms with Gasteiger partial charge in [-0.3, -0.25) is 0 Å². The number of halogens is 2. The van der Waals surface area contributed by atoms with Gasteiger partial charge in [0.05, 0.1) is 13.2 Å². The maximum atomic E-state index is 11.4. The molecule has 0 radical (unpaired) electrons. The first-order chi connectivity index (χ1) is 13.4. The number of rotatable bonds is 10. The van der Waals surface area contributed by atoms with Gasteiger partial charge in [0, 0.05) is 24.7 Å². The number of hydrogen-bond donors (Lipinski definition) is 1. The topological polar surface area (TPSA) is 56.8 Å². The number of carbonyl (C=O) groups is 1. The summed E-state index contributed by atoms with van der Waals surface area (Å²) in [7, 11) is 3.05. The first-order valence-corrected chi connectivity index (χ1v) is 9.65. The summed E-state index contributed by atoms with van der Waals surface area (Å²) < 4.78 is 15.8. The highest BCUT2D eigenvalue weighted by Gasteiger charge is 2.15. The minimum absolute atomic E-state index is 0. The van der Waals surface area contributed by atoms with Crippen molar-refractivity contribution in [2.75, 3.05) is 20.8 Å². The van der Waals surface area contributed by atoms with E-state index in [0.717, 1.165) is 12.0 Å². The van der Waals surface area contributed by atoms with Crippen LogP contribution in [-0.4, -0.2) is 38.9 Å². The predicted molar refractivity (Wildman–Crippen MR) is 118 cm³/mol. The molecule has 0 aromatic heterocycles. The highest BCUT2D eigenvalue weighted by molar-refractivity contribution is 6.30. The quantitative estimate of drug-likeness (QED) is 0.545. The van der Waals surface area contributed by atoms with E-state index in [0.29, 0.717) is 17.3 Å². The normalized spacial score (nSPS) is 13.7. The van der Waals surface area contributed by atoms with Crippen LogP contribution in [0.15, 0.2) is 48.5 Å². The Morgan fingerprint density at radius 2 is 1.79 bits per heavy atom. The van der Waals surface area contributed by atoms with Crippen molar-refractivity contribution in [1.29, 1.82) is 0 Å². The average molecular weight is 442 g/mol. The van der Waals surface area contributed by atoms with Crippen molar-refractivity contribution in [3.05, 3.63) is 64.7 Å². The Labute approximate surface area is 184 Å². The molecule has 160 valence electrons. The van der Waals surface area contributed by atoms with Crippen LogP contribution in [0.4, 0.5) is 0 Å². The summed E-state index contributed by atoms with van der Waals surface area (Å²) in [6, 6.07) is 15.7. The first-order valence-electron chi connectivity index (χ1n) is 9.28. The van der Waals surface area contributed by atoms with Crippen molar-refractivity contribution >= 4 is 30.0 Å². The van der Waals surface area contributed by atoms with Crippen LogP contribution in [-0.2, 0) is 20.7 Å². The molecule has 7 heteroatoms. The molecule has 0 bridgehead atoms. The SMILES string of the molecule is COC(=O)C(C)Oc1ccc(CC(C)NCC(OC)c2cccc(Cl)c2)cc1.Cl. The number of benzene rings is 2. The molecule has 0 fully saturated rings. The van der Waals surface area contributed by atoms with Gasteiger partial charge in [0.1, 0.15) is 5.75 Å². The zero-order valence-corrected chi connectivity index (χ0v) is 18.8. The molecule has 0 aliphatic rings. The lowest BCUT2D eigenvalue weighted by Crippen LogP contribution is -2.32. The number of hydrogen-bond acceptors (Lipinski definition) is 5. The van der Waals surface area contributed by atoms with Crippen molar-refractivity contribution in [2.45, 2.75) is 38.5 Å². The van der Waals surface area contributed by atoms with Crippen molar-refractivity contribution in [2.24, 2.45) is 0 Å². The Bertz CT molecular complexity index is 755. The largest absolute Gasteiger partial charge is 0.479 e. The molecular formula is C22H29Cl2NO4. The fourth-order valence-corrected chi connectivity index (χ4v) is 3.10. The third-order valence-corrected chi connectivity index (χ3v) is 4.70. The summed E-state index contributed by atoms with van der Waals surface area (Å²) in [5.41, 5.74) is 2.23. The summed E-state index contributed by atoms with van der Waals surface area (Å²) in [6.07, 6.45) is 0.171. The molecule has 0 saturated heterocycles. The molecule has 0 spiro atoms. The standard InChI is InChI=1S/C22H28ClNO4.ClH/c1-15(24-14-21(26-3)18-6-5-7-19(23)13-18)12-17-8-10-20(11-9-17)28-16(2)22(25)27-4;/h5-11,13,15-16,21,24H,12,14H2,1-4H3;1H. The van der Waals surface area contributed by atoms with Crippen LogP contribution in [0, 0.1) is 0 Å². The summed E-state index contributed by atoms with van der Waals surface area (Å²) in [6.45, 7) is 4.49. The third kappa shape index (κ3) is 8.23. The van der Waals surface area contributed by atoms with E-state index in [1.807, 2.05) is 48.5 Å². The molecule has 0 aliphatic heterocycles. The van der Waals surface area contributed by atoms with Crippen LogP contribution in [0.1, 0.15) is 31.1 Å². The van der Waals surface area contributed by atoms with Crippen LogP contribution in [0.25, 0.3) is 0 Å². The molecule has 29 heavy (non-hydrogen) atoms. The molecule has 0 heterocycles. The van der Waals surface area contributed by atoms with Gasteiger partial charge in [-0.2, -0.15) is 0 Å². The Balaban J connectivity index is 0.00000420. The zero-order valence-electron chi connectivity index (χ0n) is 17.2. The lowest BCUT2D eigenvalue weighted by atomic mass is 10.1. The average Bonchev–Trinajstić information content (AvgIpc) is 2.69. The molecular weight excluding hydrogens is 413 g/mol. The van der Waals surface area contributed by atoms with E-state index >= 15 is 0 Å². The molecule has 2 rings (SSSR count). The highest BCUT2D eigenvalue weighted by Crippen LogP contribution is 2.20. The minimum Gasteiger partial charge on any atom is -0.479 e. The second kappa shape index (κ2) is 12.7. The Morgan fingerprint density at radius 3 is 2.38 bits per heavy atom. The van der Waals surface area contributed by atoms with Gasteiger partial charge in [0.15, 0.2) is 6.10 Å². The molecule has 2 aromatic rings. The highest BCUT2D eigenvalue weighted by atomic mass is 35.5. The van der Waals surface area contributed by atoms with Gasteiger partial charge in [0.2, 0.25) is 0 Å². The van der Waals surface area contributed by atoms with E-state index in [4.69, 9.17) is 21.1 Å². The van der Waals surface area contributed by atoms with E-state index in [1.54, 1.807) is 14.0 Å². The molecule has 3 unspecified atom stereocenters. The summed E-state index contributed by atoms with van der Waals surface area (Å²) in [5, 5.41) is 4.21. The van der Waals surface area contributed by atoms with Gasteiger partial charge in [0.25, 0.3) is 0 Å². The smallest absolute Gasteiger partial charge is 0.346 e. The van der Waals surface area contributed by atoms with E-state index in [2.05, 4.69) is 17.0 Å². The second-order valence-electron chi connectivity index (χ2n) is 6.72. The van der Waals surface area contributed by atoms with Gasteiger partial charge >= 0.3 is 5.97 Å². The number of methoxy groups -OCH3 is 2. The Kier molecular flexibility index (Phi) is 11.1. The van der Waals surface area contributed by atoms with Crippen LogP contribution < -0.4 is 10.1 Å². The molecule has 3 atom stereocenters. The van der Waals surface area contributed by atoms with Crippen molar-refractivity contribution in [3.63, 3.8) is 0 Å². The third-order valence-electron chi connectivity index (χ3n) is 4.47. The van der Waals surface area contributed by atoms with Gasteiger partial charge in [-0.25, -0.2) is 4.79 Å². The predicted octanol–water partition coefficient (Wildman–Crippen LogP) is 4.61. The molecule has 0 saturated carbocycles. The lowest BCUT2D eigenvalue weighted by Gasteiger charge is -2.20. The summed E-state index contributed by atoms with van der Waals surface area (Å²) in [5.74, 6) is 0.247. The van der Waals surface area contributed by atoms with Crippen LogP contribution in [0.5, 0.6) is 5.75 Å². The monoisotopic (exact) mass is 441 g/mol. The van der Waals surface area contributed by atoms with Gasteiger partial charge in [-0.05, 0) is 55.7 Å². The van der Waals surface area contributed by atoms with Crippen LogP contribution in [0.3, 0.4) is 0 Å². The lowest BCUT2D eigenvalue weighted by molar-refractivity contribution is -0.147. The van der Waals surface area contributed by atoms with Crippen molar-refractivity contribution < 1.29 is 19.0 Å². The van der Waals surface area contributed by atoms with Crippen molar-refractivity contribution in [1.82, 2.24) is 5.32 Å². The summed E-state index contributed by atoms with van der Waals surface area (Å²) in [4.78, 5) is 11.4. The Morgan fingerprint density at radius 1 is 1.10 bits per heavy atom. The minimum atomic E-state index is -0.631. The van der Waals surface area contributed by atoms with Crippen LogP contribution in [0.2, 0.25) is 5.02 Å². The van der Waals surface area contributed by atoms with Gasteiger partial charge < -0.3 is 19.5 Å². The molecule has 0 amide bonds. The molecule has 0 aliphatic carbocycles. The first kappa shape index (κ1) is 25.2. The fraction of sp³-hybridized carbons (Fsp3) is 0.409. The molecule has 1 N–H and O–H groups in total. The number of nitrogens with one attached hydrogen (secondary N) is 1. The Hall–Kier alpha value is -1.79. The van der Waals surface area contributed by atoms with Crippen molar-refractivity contribution in [3.8, 4) is 5.75 Å². The summed E-state index contributed by atoms with van der Waals surface area (Å²) >= 11 is 6.07. The van der Waals surface area contributed by atoms with Gasteiger partial charge in [-0.1, -0.05) is 35.9 Å². The fourth-order valence-electron chi connectivity index (χ4n) is 2.90. The molecule has 5 nitrogen and oxygen atoms in total. The molecule has 2 aromatic carbocycles. The number of ether oxygens (including phenoxy) is 3. The maximum absolute atomic E-state index is 11.4. The maximum Gasteiger partial charge on any atom is 0.346 e. The number of esters is 1. The van der Waals surface area contributed by atoms with Crippen LogP contribution >= 0.6 is 24.0 Å². The van der Waals surface area contributed by atoms with E-state index in [-0.39, 0.29) is 24.6 Å². The zero-order chi connectivity index (χ0) is 20.5. The van der Waals surface area contributed by atoms with E-state index in [1.165, 1.54) is 12.7 Å². The van der Waals surface area contributed by atoms with E-state index < -0.39 is 12.1 Å². The van der Waals surface area contributed by atoms with Gasteiger partial charge in [-0.15, -0.1) is 12.4 Å². The van der Waals surface area contributed by atoms with E-state index in [9.17, 15) is 4.79 Å². The number of carbonyl (C=O) groups excluding carboxylic acids is 1.